The van der Waals surface area contributed by atoms with E-state index in [1.807, 2.05) is 0 Å². The maximum atomic E-state index is 14.4. The van der Waals surface area contributed by atoms with E-state index in [-0.39, 0.29) is 11.3 Å². The number of nitro groups is 1. The fraction of sp³-hybridized carbons (Fsp3) is 0.150. The number of dihydropyridines is 1. The molecule has 0 saturated carbocycles. The van der Waals surface area contributed by atoms with Crippen molar-refractivity contribution in [3.63, 3.8) is 0 Å². The molecule has 0 amide bonds. The summed E-state index contributed by atoms with van der Waals surface area (Å²) in [6.45, 7) is 2.98. The Balaban J connectivity index is 2.41. The lowest BCUT2D eigenvalue weighted by Crippen LogP contribution is -2.32. The van der Waals surface area contributed by atoms with Gasteiger partial charge < -0.3 is 10.4 Å². The van der Waals surface area contributed by atoms with Crippen LogP contribution in [0.1, 0.15) is 29.5 Å². The molecule has 6 nitrogen and oxygen atoms in total. The molecule has 2 aromatic rings. The molecule has 29 heavy (non-hydrogen) atoms. The SMILES string of the molecule is CC1=C(C(=O)O)C(c2ccccc2C)C([N+](=O)[O-])=C(c2c(F)cc(F)cc2F)N1. The maximum absolute atomic E-state index is 14.4. The Morgan fingerprint density at radius 3 is 2.24 bits per heavy atom. The Morgan fingerprint density at radius 1 is 1.14 bits per heavy atom. The second kappa shape index (κ2) is 7.42. The fourth-order valence-corrected chi connectivity index (χ4v) is 3.48. The van der Waals surface area contributed by atoms with Crippen molar-refractivity contribution >= 4 is 11.7 Å². The van der Waals surface area contributed by atoms with E-state index in [0.29, 0.717) is 23.3 Å². The minimum absolute atomic E-state index is 0.0190. The van der Waals surface area contributed by atoms with Gasteiger partial charge in [0.2, 0.25) is 0 Å². The smallest absolute Gasteiger partial charge is 0.334 e. The summed E-state index contributed by atoms with van der Waals surface area (Å²) in [5.74, 6) is -6.69. The number of hydrogen-bond donors (Lipinski definition) is 2. The van der Waals surface area contributed by atoms with Gasteiger partial charge in [-0.1, -0.05) is 24.3 Å². The van der Waals surface area contributed by atoms with Crippen LogP contribution in [0.2, 0.25) is 0 Å². The first kappa shape index (κ1) is 20.1. The molecule has 1 unspecified atom stereocenters. The molecule has 3 rings (SSSR count). The van der Waals surface area contributed by atoms with Gasteiger partial charge in [0.25, 0.3) is 5.70 Å². The lowest BCUT2D eigenvalue weighted by molar-refractivity contribution is -0.428. The molecule has 0 bridgehead atoms. The number of allylic oxidation sites excluding steroid dienone is 2. The molecule has 1 heterocycles. The predicted molar refractivity (Wildman–Crippen MR) is 97.6 cm³/mol. The van der Waals surface area contributed by atoms with E-state index in [2.05, 4.69) is 5.32 Å². The molecule has 9 heteroatoms. The first-order valence-electron chi connectivity index (χ1n) is 8.43. The van der Waals surface area contributed by atoms with Gasteiger partial charge in [0.1, 0.15) is 29.1 Å². The molecule has 2 N–H and O–H groups in total. The summed E-state index contributed by atoms with van der Waals surface area (Å²) < 4.78 is 42.2. The number of rotatable bonds is 4. The first-order chi connectivity index (χ1) is 13.6. The molecule has 1 aliphatic rings. The zero-order chi connectivity index (χ0) is 21.5. The topological polar surface area (TPSA) is 92.5 Å². The zero-order valence-electron chi connectivity index (χ0n) is 15.3. The minimum atomic E-state index is -1.42. The van der Waals surface area contributed by atoms with Crippen molar-refractivity contribution in [2.75, 3.05) is 0 Å². The van der Waals surface area contributed by atoms with Gasteiger partial charge in [-0.15, -0.1) is 0 Å². The van der Waals surface area contributed by atoms with E-state index >= 15 is 0 Å². The van der Waals surface area contributed by atoms with Crippen LogP contribution in [0.25, 0.3) is 5.70 Å². The van der Waals surface area contributed by atoms with Crippen LogP contribution >= 0.6 is 0 Å². The van der Waals surface area contributed by atoms with Crippen LogP contribution in [0.15, 0.2) is 53.4 Å². The standard InChI is InChI=1S/C20H15F3N2O4/c1-9-5-3-4-6-12(9)16-15(20(26)27)10(2)24-18(19(16)25(28)29)17-13(22)7-11(21)8-14(17)23/h3-8,16,24H,1-2H3,(H,26,27). The van der Waals surface area contributed by atoms with Crippen LogP contribution in [0, 0.1) is 34.5 Å². The van der Waals surface area contributed by atoms with E-state index in [1.54, 1.807) is 25.1 Å². The van der Waals surface area contributed by atoms with Crippen molar-refractivity contribution < 1.29 is 28.0 Å². The van der Waals surface area contributed by atoms with Crippen molar-refractivity contribution in [1.29, 1.82) is 0 Å². The van der Waals surface area contributed by atoms with Crippen molar-refractivity contribution in [3.05, 3.63) is 97.6 Å². The fourth-order valence-electron chi connectivity index (χ4n) is 3.48. The van der Waals surface area contributed by atoms with Crippen LogP contribution in [-0.4, -0.2) is 16.0 Å². The quantitative estimate of drug-likeness (QED) is 0.591. The van der Waals surface area contributed by atoms with E-state index in [4.69, 9.17) is 0 Å². The van der Waals surface area contributed by atoms with Gasteiger partial charge in [0, 0.05) is 17.8 Å². The number of carboxylic acid groups (broad SMARTS) is 1. The Morgan fingerprint density at radius 2 is 1.72 bits per heavy atom. The number of hydrogen-bond acceptors (Lipinski definition) is 4. The number of aliphatic carboxylic acids is 1. The minimum Gasteiger partial charge on any atom is -0.478 e. The predicted octanol–water partition coefficient (Wildman–Crippen LogP) is 4.10. The maximum Gasteiger partial charge on any atom is 0.334 e. The van der Waals surface area contributed by atoms with Crippen molar-refractivity contribution in [3.8, 4) is 0 Å². The van der Waals surface area contributed by atoms with Gasteiger partial charge >= 0.3 is 5.97 Å². The molecule has 2 aromatic carbocycles. The van der Waals surface area contributed by atoms with Gasteiger partial charge in [-0.25, -0.2) is 18.0 Å². The van der Waals surface area contributed by atoms with Gasteiger partial charge in [-0.2, -0.15) is 0 Å². The summed E-state index contributed by atoms with van der Waals surface area (Å²) in [6.07, 6.45) is 0. The Kier molecular flexibility index (Phi) is 5.15. The molecule has 0 aromatic heterocycles. The second-order valence-electron chi connectivity index (χ2n) is 6.52. The van der Waals surface area contributed by atoms with Crippen molar-refractivity contribution in [1.82, 2.24) is 5.32 Å². The zero-order valence-corrected chi connectivity index (χ0v) is 15.3. The highest BCUT2D eigenvalue weighted by atomic mass is 19.1. The van der Waals surface area contributed by atoms with Gasteiger partial charge in [-0.05, 0) is 25.0 Å². The van der Waals surface area contributed by atoms with Crippen LogP contribution in [0.3, 0.4) is 0 Å². The summed E-state index contributed by atoms with van der Waals surface area (Å²) in [4.78, 5) is 23.0. The Bertz CT molecular complexity index is 1090. The highest BCUT2D eigenvalue weighted by Crippen LogP contribution is 2.42. The van der Waals surface area contributed by atoms with E-state index < -0.39 is 51.2 Å². The molecular formula is C20H15F3N2O4. The number of nitrogens with one attached hydrogen (secondary N) is 1. The molecule has 0 saturated heterocycles. The molecular weight excluding hydrogens is 389 g/mol. The van der Waals surface area contributed by atoms with Gasteiger partial charge in [0.05, 0.1) is 16.1 Å². The number of benzene rings is 2. The largest absolute Gasteiger partial charge is 0.478 e. The molecule has 0 radical (unpaired) electrons. The number of carbonyl (C=O) groups is 1. The highest BCUT2D eigenvalue weighted by molar-refractivity contribution is 5.93. The van der Waals surface area contributed by atoms with Crippen molar-refractivity contribution in [2.24, 2.45) is 0 Å². The lowest BCUT2D eigenvalue weighted by atomic mass is 9.81. The summed E-state index contributed by atoms with van der Waals surface area (Å²) >= 11 is 0. The second-order valence-corrected chi connectivity index (χ2v) is 6.52. The summed E-state index contributed by atoms with van der Waals surface area (Å²) in [6, 6.07) is 7.21. The van der Waals surface area contributed by atoms with Crippen LogP contribution in [-0.2, 0) is 4.79 Å². The average Bonchev–Trinajstić information content (AvgIpc) is 2.60. The lowest BCUT2D eigenvalue weighted by Gasteiger charge is -2.28. The molecule has 150 valence electrons. The summed E-state index contributed by atoms with van der Waals surface area (Å²) in [5, 5.41) is 24.1. The number of nitrogens with zero attached hydrogens (tertiary/aromatic N) is 1. The molecule has 0 aliphatic carbocycles. The van der Waals surface area contributed by atoms with Crippen molar-refractivity contribution in [2.45, 2.75) is 19.8 Å². The first-order valence-corrected chi connectivity index (χ1v) is 8.43. The monoisotopic (exact) mass is 404 g/mol. The average molecular weight is 404 g/mol. The van der Waals surface area contributed by atoms with Gasteiger partial charge in [0.15, 0.2) is 0 Å². The molecule has 0 spiro atoms. The third kappa shape index (κ3) is 3.46. The molecule has 1 atom stereocenters. The number of carboxylic acids is 1. The van der Waals surface area contributed by atoms with Crippen LogP contribution < -0.4 is 5.32 Å². The van der Waals surface area contributed by atoms with E-state index in [9.17, 15) is 33.2 Å². The Hall–Kier alpha value is -3.62. The number of aryl methyl sites for hydroxylation is 1. The third-order valence-electron chi connectivity index (χ3n) is 4.72. The Labute approximate surface area is 163 Å². The highest BCUT2D eigenvalue weighted by Gasteiger charge is 2.43. The molecule has 0 fully saturated rings. The molecule has 1 aliphatic heterocycles. The third-order valence-corrected chi connectivity index (χ3v) is 4.72. The van der Waals surface area contributed by atoms with E-state index in [0.717, 1.165) is 0 Å². The van der Waals surface area contributed by atoms with Crippen LogP contribution in [0.4, 0.5) is 13.2 Å². The van der Waals surface area contributed by atoms with Crippen LogP contribution in [0.5, 0.6) is 0 Å². The summed E-state index contributed by atoms with van der Waals surface area (Å²) in [7, 11) is 0. The normalized spacial score (nSPS) is 16.7. The van der Waals surface area contributed by atoms with Gasteiger partial charge in [-0.3, -0.25) is 10.1 Å². The summed E-state index contributed by atoms with van der Waals surface area (Å²) in [5.41, 5.74) is -1.61. The number of halogens is 3. The van der Waals surface area contributed by atoms with E-state index in [1.165, 1.54) is 13.0 Å².